The van der Waals surface area contributed by atoms with Gasteiger partial charge in [0.15, 0.2) is 6.61 Å². The minimum Gasteiger partial charge on any atom is -0.463 e. The Hall–Kier alpha value is -2.38. The van der Waals surface area contributed by atoms with E-state index < -0.39 is 0 Å². The molecule has 0 N–H and O–H groups in total. The molecule has 1 aromatic carbocycles. The molecule has 4 heteroatoms. The average Bonchev–Trinajstić information content (AvgIpc) is 3.01. The summed E-state index contributed by atoms with van der Waals surface area (Å²) in [6.45, 7) is 6.28. The number of rotatable bonds is 3. The Morgan fingerprint density at radius 3 is 2.71 bits per heavy atom. The third-order valence-corrected chi connectivity index (χ3v) is 5.11. The Balaban J connectivity index is 2.23. The zero-order chi connectivity index (χ0) is 17.3. The fraction of sp³-hybridized carbons (Fsp3) is 0.250. The first-order valence-corrected chi connectivity index (χ1v) is 8.64. The average molecular weight is 338 g/mol. The van der Waals surface area contributed by atoms with Crippen molar-refractivity contribution in [3.63, 3.8) is 0 Å². The van der Waals surface area contributed by atoms with Gasteiger partial charge in [-0.05, 0) is 43.5 Å². The number of hydrogen-bond donors (Lipinski definition) is 0. The fourth-order valence-corrected chi connectivity index (χ4v) is 4.41. The summed E-state index contributed by atoms with van der Waals surface area (Å²) in [6, 6.07) is 6.15. The van der Waals surface area contributed by atoms with E-state index >= 15 is 0 Å². The highest BCUT2D eigenvalue weighted by molar-refractivity contribution is 8.08. The second-order valence-electron chi connectivity index (χ2n) is 5.81. The predicted molar refractivity (Wildman–Crippen MR) is 96.8 cm³/mol. The van der Waals surface area contributed by atoms with E-state index in [1.807, 2.05) is 6.07 Å². The first-order valence-electron chi connectivity index (χ1n) is 7.65. The van der Waals surface area contributed by atoms with Gasteiger partial charge in [-0.1, -0.05) is 23.6 Å². The van der Waals surface area contributed by atoms with Crippen molar-refractivity contribution in [1.82, 2.24) is 0 Å². The van der Waals surface area contributed by atoms with Crippen molar-refractivity contribution < 1.29 is 13.9 Å². The molecule has 3 nitrogen and oxygen atoms in total. The van der Waals surface area contributed by atoms with Gasteiger partial charge < -0.3 is 9.15 Å². The molecule has 0 saturated heterocycles. The van der Waals surface area contributed by atoms with Gasteiger partial charge >= 0.3 is 5.97 Å². The van der Waals surface area contributed by atoms with E-state index in [1.165, 1.54) is 22.3 Å². The second kappa shape index (κ2) is 6.62. The van der Waals surface area contributed by atoms with E-state index in [4.69, 9.17) is 15.6 Å². The number of fused-ring (bicyclic) bond motifs is 1. The van der Waals surface area contributed by atoms with Crippen molar-refractivity contribution in [1.29, 1.82) is 0 Å². The standard InChI is InChI=1S/C20H18O3S/c1-5-7-23-20(21)16-11-24-19(18-15(16)6-8-22-18)17-13(3)9-12(2)10-14(17)4/h1,6,8-10H,7,11H2,2-4H3. The van der Waals surface area contributed by atoms with Crippen LogP contribution in [0.1, 0.15) is 22.3 Å². The second-order valence-corrected chi connectivity index (χ2v) is 6.80. The molecule has 122 valence electrons. The summed E-state index contributed by atoms with van der Waals surface area (Å²) in [5, 5.41) is 0.796. The maximum Gasteiger partial charge on any atom is 0.336 e. The number of thioether (sulfide) groups is 1. The molecule has 0 aliphatic carbocycles. The van der Waals surface area contributed by atoms with Crippen LogP contribution in [0.5, 0.6) is 0 Å². The number of hydrogen-bond acceptors (Lipinski definition) is 4. The van der Waals surface area contributed by atoms with E-state index in [1.54, 1.807) is 18.0 Å². The van der Waals surface area contributed by atoms with E-state index in [-0.39, 0.29) is 12.6 Å². The lowest BCUT2D eigenvalue weighted by atomic mass is 9.99. The van der Waals surface area contributed by atoms with Crippen LogP contribution in [0.25, 0.3) is 10.5 Å². The maximum absolute atomic E-state index is 12.2. The molecular weight excluding hydrogens is 320 g/mol. The molecule has 1 aliphatic rings. The summed E-state index contributed by atoms with van der Waals surface area (Å²) < 4.78 is 10.8. The molecule has 3 rings (SSSR count). The van der Waals surface area contributed by atoms with E-state index in [0.717, 1.165) is 15.5 Å². The van der Waals surface area contributed by atoms with Crippen LogP contribution in [0.2, 0.25) is 0 Å². The number of furan rings is 1. The van der Waals surface area contributed by atoms with Gasteiger partial charge in [0.1, 0.15) is 5.42 Å². The Morgan fingerprint density at radius 2 is 2.04 bits per heavy atom. The lowest BCUT2D eigenvalue weighted by molar-refractivity contribution is -0.135. The van der Waals surface area contributed by atoms with Crippen LogP contribution in [0.3, 0.4) is 0 Å². The number of carbonyl (C=O) groups excluding carboxylic acids is 1. The first-order chi connectivity index (χ1) is 11.5. The Kier molecular flexibility index (Phi) is 4.55. The number of terminal acetylenes is 1. The van der Waals surface area contributed by atoms with Crippen molar-refractivity contribution in [2.24, 2.45) is 0 Å². The monoisotopic (exact) mass is 338 g/mol. The number of esters is 1. The highest BCUT2D eigenvalue weighted by atomic mass is 32.2. The van der Waals surface area contributed by atoms with Crippen LogP contribution in [-0.2, 0) is 9.53 Å². The van der Waals surface area contributed by atoms with Crippen LogP contribution in [0.4, 0.5) is 0 Å². The van der Waals surface area contributed by atoms with Crippen molar-refractivity contribution in [2.45, 2.75) is 20.8 Å². The minimum absolute atomic E-state index is 0.0209. The largest absolute Gasteiger partial charge is 0.463 e. The Bertz CT molecular complexity index is 950. The summed E-state index contributed by atoms with van der Waals surface area (Å²) in [5.74, 6) is 2.48. The molecule has 0 saturated carbocycles. The van der Waals surface area contributed by atoms with Crippen molar-refractivity contribution in [2.75, 3.05) is 12.4 Å². The van der Waals surface area contributed by atoms with Crippen molar-refractivity contribution >= 4 is 28.2 Å². The molecule has 2 heterocycles. The maximum atomic E-state index is 12.2. The molecule has 2 aromatic rings. The van der Waals surface area contributed by atoms with Crippen LogP contribution in [-0.4, -0.2) is 18.3 Å². The molecule has 0 amide bonds. The number of ether oxygens (including phenoxy) is 1. The molecule has 0 unspecified atom stereocenters. The Morgan fingerprint density at radius 1 is 1.33 bits per heavy atom. The lowest BCUT2D eigenvalue weighted by Gasteiger charge is -2.17. The zero-order valence-corrected chi connectivity index (χ0v) is 14.8. The molecular formula is C20H18O3S. The molecule has 0 atom stereocenters. The van der Waals surface area contributed by atoms with Gasteiger partial charge in [0.25, 0.3) is 0 Å². The van der Waals surface area contributed by atoms with Gasteiger partial charge in [-0.25, -0.2) is 4.79 Å². The predicted octanol–water partition coefficient (Wildman–Crippen LogP) is 2.44. The SMILES string of the molecule is C#CCOC(=O)C1=c2ccoc2=C(c2c(C)cc(C)cc2C)SC1. The van der Waals surface area contributed by atoms with Crippen molar-refractivity contribution in [3.8, 4) is 12.3 Å². The zero-order valence-electron chi connectivity index (χ0n) is 13.9. The third kappa shape index (κ3) is 2.88. The molecule has 1 aliphatic heterocycles. The van der Waals surface area contributed by atoms with Crippen molar-refractivity contribution in [3.05, 3.63) is 57.4 Å². The highest BCUT2D eigenvalue weighted by Crippen LogP contribution is 2.33. The fourth-order valence-electron chi connectivity index (χ4n) is 3.10. The minimum atomic E-state index is -0.375. The molecule has 0 fully saturated rings. The van der Waals surface area contributed by atoms with Gasteiger partial charge in [-0.2, -0.15) is 0 Å². The van der Waals surface area contributed by atoms with Gasteiger partial charge in [0, 0.05) is 11.0 Å². The summed E-state index contributed by atoms with van der Waals surface area (Å²) in [6.07, 6.45) is 6.78. The van der Waals surface area contributed by atoms with Gasteiger partial charge in [-0.3, -0.25) is 0 Å². The van der Waals surface area contributed by atoms with Crippen LogP contribution in [0.15, 0.2) is 28.9 Å². The van der Waals surface area contributed by atoms with Gasteiger partial charge in [0.05, 0.1) is 16.7 Å². The molecule has 0 radical (unpaired) electrons. The summed E-state index contributed by atoms with van der Waals surface area (Å²) in [4.78, 5) is 13.3. The molecule has 1 aromatic heterocycles. The highest BCUT2D eigenvalue weighted by Gasteiger charge is 2.23. The van der Waals surface area contributed by atoms with Gasteiger partial charge in [-0.15, -0.1) is 18.2 Å². The summed E-state index contributed by atoms with van der Waals surface area (Å²) >= 11 is 1.60. The molecule has 0 spiro atoms. The van der Waals surface area contributed by atoms with E-state index in [2.05, 4.69) is 38.8 Å². The van der Waals surface area contributed by atoms with E-state index in [0.29, 0.717) is 11.3 Å². The smallest absolute Gasteiger partial charge is 0.336 e. The lowest BCUT2D eigenvalue weighted by Crippen LogP contribution is -2.32. The first kappa shape index (κ1) is 16.5. The number of benzene rings is 1. The third-order valence-electron chi connectivity index (χ3n) is 3.99. The van der Waals surface area contributed by atoms with Gasteiger partial charge in [0.2, 0.25) is 0 Å². The molecule has 0 bridgehead atoms. The summed E-state index contributed by atoms with van der Waals surface area (Å²) in [7, 11) is 0. The van der Waals surface area contributed by atoms with Crippen LogP contribution < -0.4 is 10.6 Å². The quantitative estimate of drug-likeness (QED) is 0.637. The molecule has 24 heavy (non-hydrogen) atoms. The Labute approximate surface area is 145 Å². The van der Waals surface area contributed by atoms with E-state index in [9.17, 15) is 4.79 Å². The number of aryl methyl sites for hydroxylation is 3. The normalized spacial score (nSPS) is 13.4. The van der Waals surface area contributed by atoms with Crippen LogP contribution >= 0.6 is 11.8 Å². The summed E-state index contributed by atoms with van der Waals surface area (Å²) in [5.41, 5.74) is 6.16. The topological polar surface area (TPSA) is 39.4 Å². The van der Waals surface area contributed by atoms with Crippen LogP contribution in [0, 0.1) is 33.1 Å². The number of carbonyl (C=O) groups is 1.